The van der Waals surface area contributed by atoms with Crippen LogP contribution in [0.1, 0.15) is 19.4 Å². The van der Waals surface area contributed by atoms with E-state index in [9.17, 15) is 8.42 Å². The number of nitrogens with one attached hydrogen (secondary N) is 2. The van der Waals surface area contributed by atoms with E-state index < -0.39 is 10.0 Å². The number of aliphatic imine (C=N–C) groups is 1. The molecule has 0 spiro atoms. The number of benzene rings is 1. The van der Waals surface area contributed by atoms with Gasteiger partial charge in [0.25, 0.3) is 0 Å². The highest BCUT2D eigenvalue weighted by molar-refractivity contribution is 14.0. The van der Waals surface area contributed by atoms with Gasteiger partial charge in [-0.1, -0.05) is 12.1 Å². The first-order valence-corrected chi connectivity index (χ1v) is 9.07. The summed E-state index contributed by atoms with van der Waals surface area (Å²) in [4.78, 5) is 4.44. The van der Waals surface area contributed by atoms with Crippen LogP contribution in [0.5, 0.6) is 0 Å². The van der Waals surface area contributed by atoms with Crippen LogP contribution in [0, 0.1) is 0 Å². The number of hydrogen-bond acceptors (Lipinski definition) is 4. The molecule has 144 valence electrons. The molecule has 1 aromatic carbocycles. The fourth-order valence-electron chi connectivity index (χ4n) is 1.77. The Labute approximate surface area is 168 Å². The van der Waals surface area contributed by atoms with Crippen molar-refractivity contribution in [1.29, 1.82) is 0 Å². The van der Waals surface area contributed by atoms with E-state index in [-0.39, 0.29) is 34.5 Å². The summed E-state index contributed by atoms with van der Waals surface area (Å²) in [5.41, 5.74) is 0.668. The van der Waals surface area contributed by atoms with Crippen LogP contribution in [0.25, 0.3) is 0 Å². The van der Waals surface area contributed by atoms with Crippen molar-refractivity contribution in [3.63, 3.8) is 0 Å². The van der Waals surface area contributed by atoms with Crippen LogP contribution in [0.2, 0.25) is 0 Å². The van der Waals surface area contributed by atoms with Crippen molar-refractivity contribution in [2.24, 2.45) is 4.99 Å². The molecule has 9 heteroatoms. The third-order valence-corrected chi connectivity index (χ3v) is 5.45. The molecule has 0 amide bonds. The molecule has 25 heavy (non-hydrogen) atoms. The van der Waals surface area contributed by atoms with Crippen molar-refractivity contribution in [3.8, 4) is 0 Å². The van der Waals surface area contributed by atoms with Crippen molar-refractivity contribution in [2.45, 2.75) is 30.9 Å². The third kappa shape index (κ3) is 7.47. The predicted molar refractivity (Wildman–Crippen MR) is 112 cm³/mol. The van der Waals surface area contributed by atoms with Crippen molar-refractivity contribution in [1.82, 2.24) is 14.9 Å². The van der Waals surface area contributed by atoms with Crippen molar-refractivity contribution < 1.29 is 13.2 Å². The van der Waals surface area contributed by atoms with E-state index in [1.165, 1.54) is 18.4 Å². The molecule has 0 aromatic heterocycles. The maximum atomic E-state index is 12.0. The zero-order valence-corrected chi connectivity index (χ0v) is 18.8. The lowest BCUT2D eigenvalue weighted by molar-refractivity contribution is 0.0268. The summed E-state index contributed by atoms with van der Waals surface area (Å²) in [6.45, 7) is 5.12. The fourth-order valence-corrected chi connectivity index (χ4v) is 2.67. The minimum atomic E-state index is -3.39. The first-order valence-electron chi connectivity index (χ1n) is 7.63. The van der Waals surface area contributed by atoms with Crippen molar-refractivity contribution >= 4 is 40.0 Å². The van der Waals surface area contributed by atoms with Crippen molar-refractivity contribution in [2.75, 3.05) is 34.8 Å². The minimum absolute atomic E-state index is 0. The van der Waals surface area contributed by atoms with E-state index in [0.29, 0.717) is 19.0 Å². The van der Waals surface area contributed by atoms with Crippen LogP contribution in [0.15, 0.2) is 34.2 Å². The summed E-state index contributed by atoms with van der Waals surface area (Å²) in [5, 5.41) is 6.38. The average Bonchev–Trinajstić information content (AvgIpc) is 2.55. The van der Waals surface area contributed by atoms with Crippen LogP contribution in [0.3, 0.4) is 0 Å². The number of ether oxygens (including phenoxy) is 1. The average molecular weight is 484 g/mol. The zero-order chi connectivity index (χ0) is 18.4. The predicted octanol–water partition coefficient (Wildman–Crippen LogP) is 1.64. The van der Waals surface area contributed by atoms with Gasteiger partial charge in [-0.2, -0.15) is 0 Å². The summed E-state index contributed by atoms with van der Waals surface area (Å²) in [5.74, 6) is 0.658. The summed E-state index contributed by atoms with van der Waals surface area (Å²) < 4.78 is 30.6. The van der Waals surface area contributed by atoms with Crippen LogP contribution in [-0.2, 0) is 21.3 Å². The number of guanidine groups is 1. The summed E-state index contributed by atoms with van der Waals surface area (Å²) in [6.07, 6.45) is 0. The van der Waals surface area contributed by atoms with E-state index >= 15 is 0 Å². The molecular weight excluding hydrogens is 455 g/mol. The molecule has 0 atom stereocenters. The molecule has 0 aliphatic rings. The molecule has 0 saturated carbocycles. The molecule has 0 unspecified atom stereocenters. The highest BCUT2D eigenvalue weighted by Crippen LogP contribution is 2.13. The summed E-state index contributed by atoms with van der Waals surface area (Å²) in [6, 6.07) is 6.79. The van der Waals surface area contributed by atoms with Gasteiger partial charge in [-0.15, -0.1) is 24.0 Å². The molecular formula is C16H29IN4O3S. The van der Waals surface area contributed by atoms with E-state index in [1.54, 1.807) is 38.4 Å². The maximum absolute atomic E-state index is 12.0. The summed E-state index contributed by atoms with van der Waals surface area (Å²) >= 11 is 0. The van der Waals surface area contributed by atoms with Gasteiger partial charge >= 0.3 is 0 Å². The van der Waals surface area contributed by atoms with Crippen LogP contribution >= 0.6 is 24.0 Å². The van der Waals surface area contributed by atoms with Gasteiger partial charge < -0.3 is 15.4 Å². The number of halogens is 1. The standard InChI is InChI=1S/C16H28N4O3S.HI/c1-16(2,23-6)12-19-15(17-3)18-11-13-7-9-14(10-8-13)24(21,22)20(4)5;/h7-10H,11-12H2,1-6H3,(H2,17,18,19);1H. The number of rotatable bonds is 7. The van der Waals surface area contributed by atoms with Gasteiger partial charge in [0.05, 0.1) is 10.5 Å². The molecule has 0 saturated heterocycles. The van der Waals surface area contributed by atoms with Crippen LogP contribution < -0.4 is 10.6 Å². The monoisotopic (exact) mass is 484 g/mol. The van der Waals surface area contributed by atoms with Gasteiger partial charge in [-0.25, -0.2) is 12.7 Å². The Morgan fingerprint density at radius 3 is 2.20 bits per heavy atom. The van der Waals surface area contributed by atoms with E-state index in [1.807, 2.05) is 13.8 Å². The Kier molecular flexibility index (Phi) is 9.92. The molecule has 0 fully saturated rings. The quantitative estimate of drug-likeness (QED) is 0.350. The Morgan fingerprint density at radius 1 is 1.20 bits per heavy atom. The molecule has 7 nitrogen and oxygen atoms in total. The van der Waals surface area contributed by atoms with E-state index in [4.69, 9.17) is 4.74 Å². The highest BCUT2D eigenvalue weighted by atomic mass is 127. The fraction of sp³-hybridized carbons (Fsp3) is 0.562. The van der Waals surface area contributed by atoms with Gasteiger partial charge in [0, 0.05) is 41.3 Å². The highest BCUT2D eigenvalue weighted by Gasteiger charge is 2.17. The van der Waals surface area contributed by atoms with Gasteiger partial charge in [-0.05, 0) is 31.5 Å². The van der Waals surface area contributed by atoms with Crippen molar-refractivity contribution in [3.05, 3.63) is 29.8 Å². The summed E-state index contributed by atoms with van der Waals surface area (Å²) in [7, 11) is 3.00. The SMILES string of the molecule is CN=C(NCc1ccc(S(=O)(=O)N(C)C)cc1)NCC(C)(C)OC.I. The second kappa shape index (κ2) is 10.3. The molecule has 0 bridgehead atoms. The minimum Gasteiger partial charge on any atom is -0.377 e. The van der Waals surface area contributed by atoms with Gasteiger partial charge in [0.2, 0.25) is 10.0 Å². The number of sulfonamides is 1. The van der Waals surface area contributed by atoms with Gasteiger partial charge in [0.15, 0.2) is 5.96 Å². The van der Waals surface area contributed by atoms with Crippen LogP contribution in [-0.4, -0.2) is 59.1 Å². The Morgan fingerprint density at radius 2 is 1.76 bits per heavy atom. The molecule has 1 aromatic rings. The number of nitrogens with zero attached hydrogens (tertiary/aromatic N) is 2. The second-order valence-corrected chi connectivity index (χ2v) is 8.33. The Hall–Kier alpha value is -0.910. The first kappa shape index (κ1) is 24.1. The largest absolute Gasteiger partial charge is 0.377 e. The lowest BCUT2D eigenvalue weighted by Gasteiger charge is -2.24. The molecule has 0 radical (unpaired) electrons. The first-order chi connectivity index (χ1) is 11.1. The van der Waals surface area contributed by atoms with E-state index in [2.05, 4.69) is 15.6 Å². The lowest BCUT2D eigenvalue weighted by atomic mass is 10.1. The lowest BCUT2D eigenvalue weighted by Crippen LogP contribution is -2.45. The van der Waals surface area contributed by atoms with E-state index in [0.717, 1.165) is 5.56 Å². The molecule has 0 aliphatic heterocycles. The third-order valence-electron chi connectivity index (χ3n) is 3.62. The topological polar surface area (TPSA) is 83.0 Å². The second-order valence-electron chi connectivity index (χ2n) is 6.17. The Bertz CT molecular complexity index is 658. The normalized spacial score (nSPS) is 12.7. The van der Waals surface area contributed by atoms with Gasteiger partial charge in [0.1, 0.15) is 0 Å². The molecule has 0 heterocycles. The molecule has 1 rings (SSSR count). The van der Waals surface area contributed by atoms with Gasteiger partial charge in [-0.3, -0.25) is 4.99 Å². The zero-order valence-electron chi connectivity index (χ0n) is 15.7. The number of hydrogen-bond donors (Lipinski definition) is 2. The van der Waals surface area contributed by atoms with Crippen LogP contribution in [0.4, 0.5) is 0 Å². The smallest absolute Gasteiger partial charge is 0.242 e. The molecule has 0 aliphatic carbocycles. The maximum Gasteiger partial charge on any atom is 0.242 e. The number of methoxy groups -OCH3 is 1. The Balaban J connectivity index is 0.00000576. The molecule has 2 N–H and O–H groups in total.